The van der Waals surface area contributed by atoms with Gasteiger partial charge in [0.05, 0.1) is 12.9 Å². The van der Waals surface area contributed by atoms with Crippen LogP contribution in [-0.4, -0.2) is 35.9 Å². The number of aliphatic carboxylic acids is 1. The standard InChI is InChI=1S/C12H15NO4S/c1-8(12(15)16)13-11(14)7-18-10-5-3-4-9(6-10)17-2/h3-6,8H,7H2,1-2H3,(H,13,14)(H,15,16)/t8-/m0/s1. The van der Waals surface area contributed by atoms with E-state index in [9.17, 15) is 9.59 Å². The van der Waals surface area contributed by atoms with Crippen molar-refractivity contribution in [1.29, 1.82) is 0 Å². The monoisotopic (exact) mass is 269 g/mol. The number of carboxylic acids is 1. The van der Waals surface area contributed by atoms with Crippen LogP contribution in [0.15, 0.2) is 29.2 Å². The molecular formula is C12H15NO4S. The molecule has 0 saturated heterocycles. The van der Waals surface area contributed by atoms with Crippen molar-refractivity contribution in [2.24, 2.45) is 0 Å². The highest BCUT2D eigenvalue weighted by Crippen LogP contribution is 2.22. The summed E-state index contributed by atoms with van der Waals surface area (Å²) in [6.07, 6.45) is 0. The normalized spacial score (nSPS) is 11.7. The minimum absolute atomic E-state index is 0.171. The fraction of sp³-hybridized carbons (Fsp3) is 0.333. The summed E-state index contributed by atoms with van der Waals surface area (Å²) in [5, 5.41) is 11.0. The van der Waals surface area contributed by atoms with Crippen molar-refractivity contribution in [3.63, 3.8) is 0 Å². The predicted molar refractivity (Wildman–Crippen MR) is 69.0 cm³/mol. The van der Waals surface area contributed by atoms with Gasteiger partial charge >= 0.3 is 5.97 Å². The first-order valence-corrected chi connectivity index (χ1v) is 6.30. The number of carboxylic acid groups (broad SMARTS) is 1. The number of hydrogen-bond donors (Lipinski definition) is 2. The predicted octanol–water partition coefficient (Wildman–Crippen LogP) is 1.38. The van der Waals surface area contributed by atoms with Crippen LogP contribution in [0.3, 0.4) is 0 Å². The van der Waals surface area contributed by atoms with Gasteiger partial charge in [0.15, 0.2) is 0 Å². The molecule has 0 saturated carbocycles. The number of methoxy groups -OCH3 is 1. The van der Waals surface area contributed by atoms with E-state index < -0.39 is 12.0 Å². The average Bonchev–Trinajstić information content (AvgIpc) is 2.36. The summed E-state index contributed by atoms with van der Waals surface area (Å²) in [5.74, 6) is -0.461. The van der Waals surface area contributed by atoms with Crippen LogP contribution in [0.1, 0.15) is 6.92 Å². The molecule has 0 spiro atoms. The largest absolute Gasteiger partial charge is 0.497 e. The van der Waals surface area contributed by atoms with Gasteiger partial charge in [-0.25, -0.2) is 0 Å². The molecule has 0 aromatic heterocycles. The Kier molecular flexibility index (Phi) is 5.51. The van der Waals surface area contributed by atoms with Crippen molar-refractivity contribution in [3.05, 3.63) is 24.3 Å². The maximum Gasteiger partial charge on any atom is 0.325 e. The van der Waals surface area contributed by atoms with Gasteiger partial charge in [-0.05, 0) is 25.1 Å². The van der Waals surface area contributed by atoms with Crippen molar-refractivity contribution >= 4 is 23.6 Å². The Morgan fingerprint density at radius 3 is 2.83 bits per heavy atom. The van der Waals surface area contributed by atoms with Gasteiger partial charge < -0.3 is 15.2 Å². The minimum atomic E-state index is -1.05. The molecule has 0 heterocycles. The number of benzene rings is 1. The third kappa shape index (κ3) is 4.67. The van der Waals surface area contributed by atoms with E-state index >= 15 is 0 Å². The topological polar surface area (TPSA) is 75.6 Å². The Bertz CT molecular complexity index is 436. The van der Waals surface area contributed by atoms with E-state index in [1.807, 2.05) is 24.3 Å². The van der Waals surface area contributed by atoms with E-state index in [4.69, 9.17) is 9.84 Å². The number of amides is 1. The van der Waals surface area contributed by atoms with E-state index in [0.717, 1.165) is 10.6 Å². The van der Waals surface area contributed by atoms with Gasteiger partial charge in [-0.2, -0.15) is 0 Å². The molecule has 6 heteroatoms. The zero-order valence-electron chi connectivity index (χ0n) is 10.2. The number of thioether (sulfide) groups is 1. The SMILES string of the molecule is COc1cccc(SCC(=O)N[C@@H](C)C(=O)O)c1. The number of nitrogens with one attached hydrogen (secondary N) is 1. The molecule has 0 aliphatic rings. The molecule has 0 bridgehead atoms. The van der Waals surface area contributed by atoms with Gasteiger partial charge in [0.2, 0.25) is 5.91 Å². The molecule has 0 unspecified atom stereocenters. The zero-order valence-corrected chi connectivity index (χ0v) is 11.0. The molecule has 5 nitrogen and oxygen atoms in total. The van der Waals surface area contributed by atoms with Gasteiger partial charge in [-0.3, -0.25) is 9.59 Å². The first kappa shape index (κ1) is 14.4. The molecular weight excluding hydrogens is 254 g/mol. The Balaban J connectivity index is 2.44. The van der Waals surface area contributed by atoms with E-state index in [1.54, 1.807) is 7.11 Å². The summed E-state index contributed by atoms with van der Waals surface area (Å²) in [5.41, 5.74) is 0. The lowest BCUT2D eigenvalue weighted by molar-refractivity contribution is -0.140. The van der Waals surface area contributed by atoms with E-state index in [1.165, 1.54) is 18.7 Å². The lowest BCUT2D eigenvalue weighted by atomic mass is 10.3. The lowest BCUT2D eigenvalue weighted by Crippen LogP contribution is -2.39. The second-order valence-corrected chi connectivity index (χ2v) is 4.64. The molecule has 18 heavy (non-hydrogen) atoms. The van der Waals surface area contributed by atoms with Gasteiger partial charge in [-0.15, -0.1) is 11.8 Å². The summed E-state index contributed by atoms with van der Waals surface area (Å²) in [4.78, 5) is 22.9. The average molecular weight is 269 g/mol. The summed E-state index contributed by atoms with van der Waals surface area (Å²) >= 11 is 1.33. The van der Waals surface area contributed by atoms with Gasteiger partial charge in [0.1, 0.15) is 11.8 Å². The van der Waals surface area contributed by atoms with Crippen LogP contribution < -0.4 is 10.1 Å². The van der Waals surface area contributed by atoms with Gasteiger partial charge in [0, 0.05) is 4.90 Å². The first-order chi connectivity index (χ1) is 8.52. The highest BCUT2D eigenvalue weighted by atomic mass is 32.2. The fourth-order valence-electron chi connectivity index (χ4n) is 1.18. The third-order valence-corrected chi connectivity index (χ3v) is 3.15. The summed E-state index contributed by atoms with van der Waals surface area (Å²) < 4.78 is 5.07. The van der Waals surface area contributed by atoms with Crippen molar-refractivity contribution in [2.75, 3.05) is 12.9 Å². The maximum atomic E-state index is 11.5. The van der Waals surface area contributed by atoms with E-state index in [2.05, 4.69) is 5.32 Å². The highest BCUT2D eigenvalue weighted by molar-refractivity contribution is 8.00. The van der Waals surface area contributed by atoms with Gasteiger partial charge in [0.25, 0.3) is 0 Å². The molecule has 0 aliphatic heterocycles. The summed E-state index contributed by atoms with van der Waals surface area (Å²) in [6, 6.07) is 6.46. The maximum absolute atomic E-state index is 11.5. The Hall–Kier alpha value is -1.69. The Morgan fingerprint density at radius 1 is 1.50 bits per heavy atom. The van der Waals surface area contributed by atoms with Crippen LogP contribution in [0, 0.1) is 0 Å². The van der Waals surface area contributed by atoms with E-state index in [-0.39, 0.29) is 11.7 Å². The fourth-order valence-corrected chi connectivity index (χ4v) is 1.94. The van der Waals surface area contributed by atoms with Crippen molar-refractivity contribution < 1.29 is 19.4 Å². The molecule has 1 rings (SSSR count). The first-order valence-electron chi connectivity index (χ1n) is 5.32. The van der Waals surface area contributed by atoms with Gasteiger partial charge in [-0.1, -0.05) is 6.07 Å². The molecule has 98 valence electrons. The zero-order chi connectivity index (χ0) is 13.5. The molecule has 1 atom stereocenters. The quantitative estimate of drug-likeness (QED) is 0.763. The molecule has 0 aliphatic carbocycles. The molecule has 0 fully saturated rings. The van der Waals surface area contributed by atoms with Crippen LogP contribution in [-0.2, 0) is 9.59 Å². The lowest BCUT2D eigenvalue weighted by Gasteiger charge is -2.09. The molecule has 1 aromatic carbocycles. The summed E-state index contributed by atoms with van der Waals surface area (Å²) in [7, 11) is 1.57. The van der Waals surface area contributed by atoms with Crippen LogP contribution in [0.2, 0.25) is 0 Å². The molecule has 0 radical (unpaired) electrons. The number of carbonyl (C=O) groups is 2. The Morgan fingerprint density at radius 2 is 2.22 bits per heavy atom. The number of rotatable bonds is 6. The van der Waals surface area contributed by atoms with Crippen molar-refractivity contribution in [2.45, 2.75) is 17.9 Å². The van der Waals surface area contributed by atoms with Crippen LogP contribution in [0.4, 0.5) is 0 Å². The van der Waals surface area contributed by atoms with Crippen molar-refractivity contribution in [3.8, 4) is 5.75 Å². The number of ether oxygens (including phenoxy) is 1. The second-order valence-electron chi connectivity index (χ2n) is 3.60. The number of carbonyl (C=O) groups excluding carboxylic acids is 1. The van der Waals surface area contributed by atoms with Crippen LogP contribution >= 0.6 is 11.8 Å². The smallest absolute Gasteiger partial charge is 0.325 e. The molecule has 2 N–H and O–H groups in total. The van der Waals surface area contributed by atoms with E-state index in [0.29, 0.717) is 0 Å². The third-order valence-electron chi connectivity index (χ3n) is 2.16. The van der Waals surface area contributed by atoms with Crippen LogP contribution in [0.25, 0.3) is 0 Å². The van der Waals surface area contributed by atoms with Crippen molar-refractivity contribution in [1.82, 2.24) is 5.32 Å². The molecule has 1 aromatic rings. The summed E-state index contributed by atoms with van der Waals surface area (Å²) in [6.45, 7) is 1.43. The molecule has 1 amide bonds. The second kappa shape index (κ2) is 6.90. The highest BCUT2D eigenvalue weighted by Gasteiger charge is 2.13. The minimum Gasteiger partial charge on any atom is -0.497 e. The number of hydrogen-bond acceptors (Lipinski definition) is 4. The van der Waals surface area contributed by atoms with Crippen LogP contribution in [0.5, 0.6) is 5.75 Å². The Labute approximate surface area is 110 Å².